The van der Waals surface area contributed by atoms with Crippen LogP contribution in [-0.4, -0.2) is 29.8 Å². The van der Waals surface area contributed by atoms with Gasteiger partial charge in [0.2, 0.25) is 0 Å². The molecule has 41 heavy (non-hydrogen) atoms. The van der Waals surface area contributed by atoms with Crippen LogP contribution in [0.3, 0.4) is 0 Å². The van der Waals surface area contributed by atoms with E-state index in [1.807, 2.05) is 34.9 Å². The number of carbonyl (C=O) groups is 1. The Morgan fingerprint density at radius 2 is 1.34 bits per heavy atom. The van der Waals surface area contributed by atoms with Gasteiger partial charge >= 0.3 is 11.7 Å². The predicted molar refractivity (Wildman–Crippen MR) is 159 cm³/mol. The first kappa shape index (κ1) is 27.2. The number of imidazole rings is 1. The fraction of sp³-hybridized carbons (Fsp3) is 0.455. The first-order chi connectivity index (χ1) is 20.0. The van der Waals surface area contributed by atoms with Gasteiger partial charge in [0.15, 0.2) is 11.2 Å². The molecule has 6 rings (SSSR count). The number of carboxylic acids is 1. The Balaban J connectivity index is 1.61. The van der Waals surface area contributed by atoms with Gasteiger partial charge < -0.3 is 9.67 Å². The van der Waals surface area contributed by atoms with Crippen molar-refractivity contribution < 1.29 is 9.90 Å². The van der Waals surface area contributed by atoms with Gasteiger partial charge in [-0.2, -0.15) is 0 Å². The van der Waals surface area contributed by atoms with Crippen molar-refractivity contribution in [1.29, 1.82) is 0 Å². The molecular formula is C33H38N4O4. The van der Waals surface area contributed by atoms with Crippen LogP contribution >= 0.6 is 0 Å². The fourth-order valence-electron chi connectivity index (χ4n) is 6.86. The molecule has 0 spiro atoms. The van der Waals surface area contributed by atoms with Gasteiger partial charge in [0.25, 0.3) is 5.56 Å². The van der Waals surface area contributed by atoms with Crippen LogP contribution in [0.1, 0.15) is 80.1 Å². The minimum absolute atomic E-state index is 0.112. The quantitative estimate of drug-likeness (QED) is 0.291. The van der Waals surface area contributed by atoms with Crippen LogP contribution in [0, 0.1) is 11.8 Å². The summed E-state index contributed by atoms with van der Waals surface area (Å²) in [6.45, 7) is 1.26. The molecule has 2 saturated carbocycles. The summed E-state index contributed by atoms with van der Waals surface area (Å²) in [6, 6.07) is 16.6. The van der Waals surface area contributed by atoms with Gasteiger partial charge in [-0.05, 0) is 49.1 Å². The number of aromatic nitrogens is 4. The molecule has 0 aliphatic heterocycles. The summed E-state index contributed by atoms with van der Waals surface area (Å²) in [6.07, 6.45) is 11.1. The van der Waals surface area contributed by atoms with Crippen molar-refractivity contribution in [2.75, 3.05) is 0 Å². The number of aromatic carboxylic acids is 1. The van der Waals surface area contributed by atoms with E-state index in [0.717, 1.165) is 56.9 Å². The Kier molecular flexibility index (Phi) is 7.90. The molecule has 8 heteroatoms. The summed E-state index contributed by atoms with van der Waals surface area (Å²) in [4.78, 5) is 45.6. The molecule has 2 aromatic heterocycles. The number of benzene rings is 2. The van der Waals surface area contributed by atoms with E-state index in [0.29, 0.717) is 54.0 Å². The lowest BCUT2D eigenvalue weighted by atomic mass is 9.89. The molecule has 0 atom stereocenters. The summed E-state index contributed by atoms with van der Waals surface area (Å²) in [7, 11) is 0. The molecule has 0 radical (unpaired) electrons. The van der Waals surface area contributed by atoms with Gasteiger partial charge in [-0.15, -0.1) is 0 Å². The SMILES string of the molecule is O=C(O)c1ccccc1-c1nc2c(c(=O)n(CC3CCCCC3)c(=O)n2CC2CCCCC2)n1Cc1ccccc1. The van der Waals surface area contributed by atoms with E-state index in [4.69, 9.17) is 4.98 Å². The molecule has 2 aliphatic carbocycles. The maximum Gasteiger partial charge on any atom is 0.336 e. The highest BCUT2D eigenvalue weighted by atomic mass is 16.4. The minimum atomic E-state index is -1.06. The lowest BCUT2D eigenvalue weighted by Crippen LogP contribution is -2.43. The molecule has 0 bridgehead atoms. The molecule has 0 unspecified atom stereocenters. The smallest absolute Gasteiger partial charge is 0.336 e. The molecule has 8 nitrogen and oxygen atoms in total. The van der Waals surface area contributed by atoms with Crippen molar-refractivity contribution in [2.45, 2.75) is 83.8 Å². The number of nitrogens with zero attached hydrogens (tertiary/aromatic N) is 4. The molecule has 2 fully saturated rings. The van der Waals surface area contributed by atoms with Crippen molar-refractivity contribution in [3.8, 4) is 11.4 Å². The van der Waals surface area contributed by atoms with E-state index in [9.17, 15) is 19.5 Å². The fourth-order valence-corrected chi connectivity index (χ4v) is 6.86. The van der Waals surface area contributed by atoms with Crippen molar-refractivity contribution in [3.05, 3.63) is 86.6 Å². The van der Waals surface area contributed by atoms with Crippen molar-refractivity contribution in [1.82, 2.24) is 18.7 Å². The third kappa shape index (κ3) is 5.52. The zero-order chi connectivity index (χ0) is 28.3. The van der Waals surface area contributed by atoms with Crippen LogP contribution < -0.4 is 11.2 Å². The van der Waals surface area contributed by atoms with Crippen molar-refractivity contribution >= 4 is 17.1 Å². The summed E-state index contributed by atoms with van der Waals surface area (Å²) in [5, 5.41) is 10.0. The molecule has 1 N–H and O–H groups in total. The van der Waals surface area contributed by atoms with Crippen LogP contribution in [0.15, 0.2) is 64.2 Å². The highest BCUT2D eigenvalue weighted by Gasteiger charge is 2.27. The Labute approximate surface area is 239 Å². The zero-order valence-electron chi connectivity index (χ0n) is 23.5. The van der Waals surface area contributed by atoms with E-state index in [2.05, 4.69) is 0 Å². The number of hydrogen-bond acceptors (Lipinski definition) is 4. The van der Waals surface area contributed by atoms with Crippen LogP contribution in [-0.2, 0) is 19.6 Å². The number of rotatable bonds is 8. The van der Waals surface area contributed by atoms with E-state index >= 15 is 0 Å². The molecule has 214 valence electrons. The van der Waals surface area contributed by atoms with Crippen LogP contribution in [0.4, 0.5) is 0 Å². The topological polar surface area (TPSA) is 99.1 Å². The molecule has 4 aromatic rings. The first-order valence-electron chi connectivity index (χ1n) is 15.1. The molecule has 2 aliphatic rings. The van der Waals surface area contributed by atoms with Crippen LogP contribution in [0.5, 0.6) is 0 Å². The second-order valence-corrected chi connectivity index (χ2v) is 11.8. The molecule has 2 heterocycles. The number of hydrogen-bond donors (Lipinski definition) is 1. The van der Waals surface area contributed by atoms with Crippen molar-refractivity contribution in [2.24, 2.45) is 11.8 Å². The van der Waals surface area contributed by atoms with Gasteiger partial charge in [-0.1, -0.05) is 87.1 Å². The summed E-state index contributed by atoms with van der Waals surface area (Å²) in [5.74, 6) is -0.0221. The standard InChI is InChI=1S/C33H38N4O4/c38-31-28-30(36(21-24-14-6-2-7-15-24)33(41)37(31)22-25-16-8-3-9-17-25)34-29(26-18-10-11-19-27(26)32(39)40)35(28)20-23-12-4-1-5-13-23/h1,4-5,10-13,18-19,24-25H,2-3,6-9,14-17,20-22H2,(H,39,40). The van der Waals surface area contributed by atoms with E-state index < -0.39 is 5.97 Å². The second-order valence-electron chi connectivity index (χ2n) is 11.8. The third-order valence-electron chi connectivity index (χ3n) is 9.03. The summed E-state index contributed by atoms with van der Waals surface area (Å²) in [5.41, 5.74) is 1.61. The second kappa shape index (κ2) is 11.9. The van der Waals surface area contributed by atoms with E-state index in [-0.39, 0.29) is 16.8 Å². The van der Waals surface area contributed by atoms with Gasteiger partial charge in [-0.25, -0.2) is 14.6 Å². The zero-order valence-corrected chi connectivity index (χ0v) is 23.5. The lowest BCUT2D eigenvalue weighted by Gasteiger charge is -2.25. The normalized spacial score (nSPS) is 16.8. The monoisotopic (exact) mass is 554 g/mol. The Hall–Kier alpha value is -3.94. The van der Waals surface area contributed by atoms with Gasteiger partial charge in [0, 0.05) is 25.2 Å². The van der Waals surface area contributed by atoms with Crippen molar-refractivity contribution in [3.63, 3.8) is 0 Å². The molecule has 2 aromatic carbocycles. The highest BCUT2D eigenvalue weighted by molar-refractivity contribution is 5.96. The van der Waals surface area contributed by atoms with Crippen LogP contribution in [0.2, 0.25) is 0 Å². The number of fused-ring (bicyclic) bond motifs is 1. The lowest BCUT2D eigenvalue weighted by molar-refractivity contribution is 0.0697. The summed E-state index contributed by atoms with van der Waals surface area (Å²) >= 11 is 0. The maximum atomic E-state index is 14.3. The number of carboxylic acid groups (broad SMARTS) is 1. The first-order valence-corrected chi connectivity index (χ1v) is 15.1. The Morgan fingerprint density at radius 1 is 0.756 bits per heavy atom. The average Bonchev–Trinajstić information content (AvgIpc) is 3.38. The largest absolute Gasteiger partial charge is 0.478 e. The highest BCUT2D eigenvalue weighted by Crippen LogP contribution is 2.30. The summed E-state index contributed by atoms with van der Waals surface area (Å²) < 4.78 is 5.02. The average molecular weight is 555 g/mol. The minimum Gasteiger partial charge on any atom is -0.478 e. The third-order valence-corrected chi connectivity index (χ3v) is 9.03. The van der Waals surface area contributed by atoms with E-state index in [1.54, 1.807) is 28.8 Å². The van der Waals surface area contributed by atoms with Gasteiger partial charge in [0.05, 0.1) is 5.56 Å². The van der Waals surface area contributed by atoms with Crippen LogP contribution in [0.25, 0.3) is 22.6 Å². The molecule has 0 amide bonds. The van der Waals surface area contributed by atoms with Gasteiger partial charge in [0.1, 0.15) is 5.82 Å². The van der Waals surface area contributed by atoms with E-state index in [1.165, 1.54) is 17.4 Å². The molecule has 0 saturated heterocycles. The molecular weight excluding hydrogens is 516 g/mol. The predicted octanol–water partition coefficient (Wildman–Crippen LogP) is 5.93. The maximum absolute atomic E-state index is 14.3. The Bertz CT molecular complexity index is 1650. The van der Waals surface area contributed by atoms with Gasteiger partial charge in [-0.3, -0.25) is 13.9 Å². The Morgan fingerprint density at radius 3 is 1.98 bits per heavy atom.